The quantitative estimate of drug-likeness (QED) is 0.766. The van der Waals surface area contributed by atoms with Crippen molar-refractivity contribution in [2.45, 2.75) is 31.7 Å². The van der Waals surface area contributed by atoms with Gasteiger partial charge in [-0.3, -0.25) is 4.79 Å². The van der Waals surface area contributed by atoms with E-state index in [1.54, 1.807) is 30.3 Å². The summed E-state index contributed by atoms with van der Waals surface area (Å²) < 4.78 is 2.00. The fourth-order valence-electron chi connectivity index (χ4n) is 3.27. The molecule has 1 saturated carbocycles. The topological polar surface area (TPSA) is 59.8 Å². The van der Waals surface area contributed by atoms with E-state index in [-0.39, 0.29) is 5.91 Å². The highest BCUT2D eigenvalue weighted by Gasteiger charge is 2.20. The molecule has 0 unspecified atom stereocenters. The summed E-state index contributed by atoms with van der Waals surface area (Å²) in [5, 5.41) is 12.0. The lowest BCUT2D eigenvalue weighted by Gasteiger charge is -2.10. The van der Waals surface area contributed by atoms with Gasteiger partial charge >= 0.3 is 0 Å². The van der Waals surface area contributed by atoms with E-state index in [2.05, 4.69) is 15.6 Å². The molecule has 0 bridgehead atoms. The fraction of sp³-hybridized carbons (Fsp3) is 0.278. The SMILES string of the molecule is O=C(Nc1cccc(Cl)c1)c1ccc2c(c1)nnn2C1CCCC1. The number of fused-ring (bicyclic) bond motifs is 1. The predicted octanol–water partition coefficient (Wildman–Crippen LogP) is 4.45. The number of amides is 1. The average molecular weight is 341 g/mol. The number of hydrogen-bond donors (Lipinski definition) is 1. The summed E-state index contributed by atoms with van der Waals surface area (Å²) in [4.78, 5) is 12.4. The second-order valence-corrected chi connectivity index (χ2v) is 6.58. The zero-order chi connectivity index (χ0) is 16.5. The first kappa shape index (κ1) is 15.1. The largest absolute Gasteiger partial charge is 0.322 e. The van der Waals surface area contributed by atoms with Gasteiger partial charge < -0.3 is 5.32 Å². The third-order valence-electron chi connectivity index (χ3n) is 4.49. The second kappa shape index (κ2) is 6.24. The molecule has 1 aliphatic rings. The normalized spacial score (nSPS) is 15.0. The minimum Gasteiger partial charge on any atom is -0.322 e. The third-order valence-corrected chi connectivity index (χ3v) is 4.72. The summed E-state index contributed by atoms with van der Waals surface area (Å²) in [5.41, 5.74) is 2.96. The van der Waals surface area contributed by atoms with Crippen LogP contribution < -0.4 is 5.32 Å². The summed E-state index contributed by atoms with van der Waals surface area (Å²) in [6, 6.07) is 13.1. The van der Waals surface area contributed by atoms with Crippen molar-refractivity contribution < 1.29 is 4.79 Å². The molecule has 0 spiro atoms. The Kier molecular flexibility index (Phi) is 3.94. The van der Waals surface area contributed by atoms with E-state index < -0.39 is 0 Å². The van der Waals surface area contributed by atoms with Gasteiger partial charge in [0.2, 0.25) is 0 Å². The number of aromatic nitrogens is 3. The molecular weight excluding hydrogens is 324 g/mol. The Morgan fingerprint density at radius 3 is 2.79 bits per heavy atom. The van der Waals surface area contributed by atoms with Crippen molar-refractivity contribution in [2.75, 3.05) is 5.32 Å². The highest BCUT2D eigenvalue weighted by molar-refractivity contribution is 6.31. The highest BCUT2D eigenvalue weighted by Crippen LogP contribution is 2.31. The number of nitrogens with zero attached hydrogens (tertiary/aromatic N) is 3. The zero-order valence-electron chi connectivity index (χ0n) is 13.1. The molecule has 24 heavy (non-hydrogen) atoms. The lowest BCUT2D eigenvalue weighted by Crippen LogP contribution is -2.12. The van der Waals surface area contributed by atoms with Crippen molar-refractivity contribution in [3.05, 3.63) is 53.1 Å². The van der Waals surface area contributed by atoms with E-state index >= 15 is 0 Å². The Bertz CT molecular complexity index is 899. The molecule has 0 atom stereocenters. The van der Waals surface area contributed by atoms with Crippen molar-refractivity contribution in [1.82, 2.24) is 15.0 Å². The van der Waals surface area contributed by atoms with Gasteiger partial charge in [-0.15, -0.1) is 5.10 Å². The fourth-order valence-corrected chi connectivity index (χ4v) is 3.46. The molecule has 0 radical (unpaired) electrons. The standard InChI is InChI=1S/C18H17ClN4O/c19-13-4-3-5-14(11-13)20-18(24)12-8-9-17-16(10-12)21-22-23(17)15-6-1-2-7-15/h3-5,8-11,15H,1-2,6-7H2,(H,20,24). The van der Waals surface area contributed by atoms with Crippen molar-refractivity contribution in [3.63, 3.8) is 0 Å². The molecule has 3 aromatic rings. The van der Waals surface area contributed by atoms with E-state index in [9.17, 15) is 4.79 Å². The zero-order valence-corrected chi connectivity index (χ0v) is 13.8. The van der Waals surface area contributed by atoms with E-state index in [0.717, 1.165) is 23.9 Å². The number of hydrogen-bond acceptors (Lipinski definition) is 3. The van der Waals surface area contributed by atoms with Crippen molar-refractivity contribution >= 4 is 34.2 Å². The minimum absolute atomic E-state index is 0.186. The summed E-state index contributed by atoms with van der Waals surface area (Å²) >= 11 is 5.95. The number of carbonyl (C=O) groups excluding carboxylic acids is 1. The predicted molar refractivity (Wildman–Crippen MR) is 94.4 cm³/mol. The lowest BCUT2D eigenvalue weighted by molar-refractivity contribution is 0.102. The molecular formula is C18H17ClN4O. The van der Waals surface area contributed by atoms with Crippen LogP contribution in [-0.2, 0) is 0 Å². The van der Waals surface area contributed by atoms with Crippen LogP contribution in [0.5, 0.6) is 0 Å². The van der Waals surface area contributed by atoms with Crippen LogP contribution >= 0.6 is 11.6 Å². The number of anilines is 1. The molecule has 122 valence electrons. The second-order valence-electron chi connectivity index (χ2n) is 6.14. The molecule has 2 aromatic carbocycles. The van der Waals surface area contributed by atoms with Gasteiger partial charge in [-0.1, -0.05) is 35.7 Å². The van der Waals surface area contributed by atoms with Gasteiger partial charge in [0, 0.05) is 16.3 Å². The number of carbonyl (C=O) groups is 1. The van der Waals surface area contributed by atoms with Crippen LogP contribution in [0.25, 0.3) is 11.0 Å². The van der Waals surface area contributed by atoms with Crippen LogP contribution in [0, 0.1) is 0 Å². The monoisotopic (exact) mass is 340 g/mol. The molecule has 4 rings (SSSR count). The number of nitrogens with one attached hydrogen (secondary N) is 1. The molecule has 1 fully saturated rings. The Morgan fingerprint density at radius 2 is 2.00 bits per heavy atom. The first-order chi connectivity index (χ1) is 11.7. The molecule has 1 N–H and O–H groups in total. The van der Waals surface area contributed by atoms with Crippen molar-refractivity contribution in [3.8, 4) is 0 Å². The Balaban J connectivity index is 1.59. The van der Waals surface area contributed by atoms with Crippen molar-refractivity contribution in [2.24, 2.45) is 0 Å². The molecule has 0 saturated heterocycles. The van der Waals surface area contributed by atoms with Crippen LogP contribution in [0.15, 0.2) is 42.5 Å². The maximum absolute atomic E-state index is 12.4. The van der Waals surface area contributed by atoms with E-state index in [0.29, 0.717) is 22.3 Å². The van der Waals surface area contributed by atoms with Crippen LogP contribution in [0.3, 0.4) is 0 Å². The first-order valence-electron chi connectivity index (χ1n) is 8.12. The van der Waals surface area contributed by atoms with Crippen LogP contribution in [-0.4, -0.2) is 20.9 Å². The lowest BCUT2D eigenvalue weighted by atomic mass is 10.1. The van der Waals surface area contributed by atoms with Gasteiger partial charge in [0.15, 0.2) is 0 Å². The molecule has 1 aromatic heterocycles. The molecule has 6 heteroatoms. The number of halogens is 1. The Hall–Kier alpha value is -2.40. The summed E-state index contributed by atoms with van der Waals surface area (Å²) in [5.74, 6) is -0.186. The molecule has 1 amide bonds. The van der Waals surface area contributed by atoms with Gasteiger partial charge in [0.05, 0.1) is 11.6 Å². The number of benzene rings is 2. The maximum Gasteiger partial charge on any atom is 0.255 e. The average Bonchev–Trinajstić information content (AvgIpc) is 3.23. The Labute approximate surface area is 144 Å². The first-order valence-corrected chi connectivity index (χ1v) is 8.50. The van der Waals surface area contributed by atoms with Crippen LogP contribution in [0.1, 0.15) is 42.1 Å². The van der Waals surface area contributed by atoms with Crippen LogP contribution in [0.2, 0.25) is 5.02 Å². The summed E-state index contributed by atoms with van der Waals surface area (Å²) in [6.45, 7) is 0. The molecule has 1 heterocycles. The van der Waals surface area contributed by atoms with E-state index in [1.807, 2.05) is 16.8 Å². The number of rotatable bonds is 3. The van der Waals surface area contributed by atoms with Gasteiger partial charge in [-0.05, 0) is 49.2 Å². The molecule has 5 nitrogen and oxygen atoms in total. The minimum atomic E-state index is -0.186. The Morgan fingerprint density at radius 1 is 1.17 bits per heavy atom. The molecule has 0 aliphatic heterocycles. The smallest absolute Gasteiger partial charge is 0.255 e. The van der Waals surface area contributed by atoms with Gasteiger partial charge in [-0.25, -0.2) is 4.68 Å². The van der Waals surface area contributed by atoms with E-state index in [1.165, 1.54) is 12.8 Å². The summed E-state index contributed by atoms with van der Waals surface area (Å²) in [7, 11) is 0. The molecule has 1 aliphatic carbocycles. The van der Waals surface area contributed by atoms with Crippen LogP contribution in [0.4, 0.5) is 5.69 Å². The van der Waals surface area contributed by atoms with E-state index in [4.69, 9.17) is 11.6 Å². The van der Waals surface area contributed by atoms with Gasteiger partial charge in [0.1, 0.15) is 5.52 Å². The van der Waals surface area contributed by atoms with Gasteiger partial charge in [0.25, 0.3) is 5.91 Å². The maximum atomic E-state index is 12.4. The van der Waals surface area contributed by atoms with Gasteiger partial charge in [-0.2, -0.15) is 0 Å². The van der Waals surface area contributed by atoms with Crippen molar-refractivity contribution in [1.29, 1.82) is 0 Å². The summed E-state index contributed by atoms with van der Waals surface area (Å²) in [6.07, 6.45) is 4.78. The highest BCUT2D eigenvalue weighted by atomic mass is 35.5. The third kappa shape index (κ3) is 2.87.